The first-order valence-corrected chi connectivity index (χ1v) is 6.24. The van der Waals surface area contributed by atoms with Gasteiger partial charge in [0.25, 0.3) is 5.91 Å². The van der Waals surface area contributed by atoms with Gasteiger partial charge in [-0.3, -0.25) is 4.79 Å². The maximum absolute atomic E-state index is 12.3. The molecular weight excluding hydrogens is 202 g/mol. The molecule has 94 valence electrons. The molecule has 1 rings (SSSR count). The normalized spacial score (nSPS) is 16.6. The second-order valence-electron chi connectivity index (χ2n) is 5.63. The van der Waals surface area contributed by atoms with E-state index in [0.29, 0.717) is 12.0 Å². The van der Waals surface area contributed by atoms with Gasteiger partial charge in [-0.05, 0) is 39.0 Å². The molecule has 0 aromatic heterocycles. The molecule has 0 atom stereocenters. The van der Waals surface area contributed by atoms with Crippen molar-refractivity contribution >= 4 is 5.91 Å². The van der Waals surface area contributed by atoms with E-state index in [4.69, 9.17) is 4.74 Å². The van der Waals surface area contributed by atoms with Gasteiger partial charge in [0, 0.05) is 19.7 Å². The average molecular weight is 227 g/mol. The van der Waals surface area contributed by atoms with Crippen molar-refractivity contribution in [3.8, 4) is 0 Å². The maximum atomic E-state index is 12.3. The summed E-state index contributed by atoms with van der Waals surface area (Å²) in [6.45, 7) is 8.95. The second kappa shape index (κ2) is 5.17. The zero-order valence-electron chi connectivity index (χ0n) is 11.2. The molecule has 0 unspecified atom stereocenters. The smallest absolute Gasteiger partial charge is 0.254 e. The summed E-state index contributed by atoms with van der Waals surface area (Å²) in [5.74, 6) is 0.776. The van der Waals surface area contributed by atoms with Crippen LogP contribution in [0.2, 0.25) is 0 Å². The Kier molecular flexibility index (Phi) is 4.36. The number of carbonyl (C=O) groups excluding carboxylic acids is 1. The number of methoxy groups -OCH3 is 1. The largest absolute Gasteiger partial charge is 0.369 e. The lowest BCUT2D eigenvalue weighted by molar-refractivity contribution is -0.151. The molecule has 0 aliphatic heterocycles. The van der Waals surface area contributed by atoms with Gasteiger partial charge in [-0.25, -0.2) is 0 Å². The fourth-order valence-electron chi connectivity index (χ4n) is 1.67. The van der Waals surface area contributed by atoms with Crippen LogP contribution in [0.1, 0.15) is 47.0 Å². The topological polar surface area (TPSA) is 29.5 Å². The van der Waals surface area contributed by atoms with Crippen LogP contribution in [0.5, 0.6) is 0 Å². The lowest BCUT2D eigenvalue weighted by Gasteiger charge is -2.31. The Hall–Kier alpha value is -0.570. The SMILES string of the molecule is COC(C)(C)C(=O)N(CCC(C)C)C1CC1. The highest BCUT2D eigenvalue weighted by atomic mass is 16.5. The van der Waals surface area contributed by atoms with Crippen LogP contribution < -0.4 is 0 Å². The Morgan fingerprint density at radius 2 is 2.00 bits per heavy atom. The number of rotatable bonds is 6. The molecule has 3 heteroatoms. The van der Waals surface area contributed by atoms with E-state index in [-0.39, 0.29) is 5.91 Å². The Bertz CT molecular complexity index is 244. The monoisotopic (exact) mass is 227 g/mol. The molecule has 0 N–H and O–H groups in total. The van der Waals surface area contributed by atoms with Gasteiger partial charge in [0.1, 0.15) is 5.60 Å². The molecule has 0 radical (unpaired) electrons. The van der Waals surface area contributed by atoms with Crippen molar-refractivity contribution in [3.63, 3.8) is 0 Å². The van der Waals surface area contributed by atoms with Gasteiger partial charge in [-0.15, -0.1) is 0 Å². The molecule has 3 nitrogen and oxygen atoms in total. The van der Waals surface area contributed by atoms with Gasteiger partial charge in [0.2, 0.25) is 0 Å². The molecule has 0 aromatic rings. The van der Waals surface area contributed by atoms with Crippen molar-refractivity contribution in [1.82, 2.24) is 4.90 Å². The molecule has 1 fully saturated rings. The summed E-state index contributed by atoms with van der Waals surface area (Å²) < 4.78 is 5.27. The fourth-order valence-corrected chi connectivity index (χ4v) is 1.67. The molecule has 1 saturated carbocycles. The molecular formula is C13H25NO2. The van der Waals surface area contributed by atoms with Crippen LogP contribution in [0.3, 0.4) is 0 Å². The van der Waals surface area contributed by atoms with Crippen LogP contribution >= 0.6 is 0 Å². The standard InChI is InChI=1S/C13H25NO2/c1-10(2)8-9-14(11-6-7-11)12(15)13(3,4)16-5/h10-11H,6-9H2,1-5H3. The third-order valence-corrected chi connectivity index (χ3v) is 3.22. The zero-order valence-corrected chi connectivity index (χ0v) is 11.2. The molecule has 16 heavy (non-hydrogen) atoms. The summed E-state index contributed by atoms with van der Waals surface area (Å²) >= 11 is 0. The van der Waals surface area contributed by atoms with Gasteiger partial charge in [0.05, 0.1) is 0 Å². The second-order valence-corrected chi connectivity index (χ2v) is 5.63. The minimum Gasteiger partial charge on any atom is -0.369 e. The van der Waals surface area contributed by atoms with E-state index in [0.717, 1.165) is 25.8 Å². The van der Waals surface area contributed by atoms with Crippen molar-refractivity contribution < 1.29 is 9.53 Å². The number of nitrogens with zero attached hydrogens (tertiary/aromatic N) is 1. The van der Waals surface area contributed by atoms with Crippen molar-refractivity contribution in [2.45, 2.75) is 58.6 Å². The Morgan fingerprint density at radius 3 is 2.38 bits per heavy atom. The summed E-state index contributed by atoms with van der Waals surface area (Å²) in [5, 5.41) is 0. The fraction of sp³-hybridized carbons (Fsp3) is 0.923. The van der Waals surface area contributed by atoms with Crippen LogP contribution in [0.15, 0.2) is 0 Å². The van der Waals surface area contributed by atoms with Gasteiger partial charge >= 0.3 is 0 Å². The minimum atomic E-state index is -0.681. The average Bonchev–Trinajstić information content (AvgIpc) is 3.01. The predicted octanol–water partition coefficient (Wildman–Crippen LogP) is 2.45. The quantitative estimate of drug-likeness (QED) is 0.697. The first kappa shape index (κ1) is 13.5. The molecule has 0 spiro atoms. The van der Waals surface area contributed by atoms with Gasteiger partial charge in [-0.1, -0.05) is 13.8 Å². The number of amides is 1. The zero-order chi connectivity index (χ0) is 12.3. The Labute approximate surface area is 99.1 Å². The molecule has 1 aliphatic carbocycles. The summed E-state index contributed by atoms with van der Waals surface area (Å²) in [6, 6.07) is 0.473. The molecule has 0 aromatic carbocycles. The van der Waals surface area contributed by atoms with E-state index >= 15 is 0 Å². The first-order chi connectivity index (χ1) is 7.38. The van der Waals surface area contributed by atoms with Crippen molar-refractivity contribution in [2.75, 3.05) is 13.7 Å². The van der Waals surface area contributed by atoms with Crippen LogP contribution in [-0.4, -0.2) is 36.1 Å². The van der Waals surface area contributed by atoms with E-state index in [9.17, 15) is 4.79 Å². The Balaban J connectivity index is 2.59. The summed E-state index contributed by atoms with van der Waals surface area (Å²) in [7, 11) is 1.60. The Morgan fingerprint density at radius 1 is 1.44 bits per heavy atom. The number of hydrogen-bond acceptors (Lipinski definition) is 2. The molecule has 0 bridgehead atoms. The summed E-state index contributed by atoms with van der Waals surface area (Å²) in [5.41, 5.74) is -0.681. The first-order valence-electron chi connectivity index (χ1n) is 6.24. The highest BCUT2D eigenvalue weighted by molar-refractivity contribution is 5.85. The van der Waals surface area contributed by atoms with Crippen molar-refractivity contribution in [3.05, 3.63) is 0 Å². The highest BCUT2D eigenvalue weighted by Crippen LogP contribution is 2.30. The molecule has 0 heterocycles. The maximum Gasteiger partial charge on any atom is 0.254 e. The van der Waals surface area contributed by atoms with Crippen LogP contribution in [0, 0.1) is 5.92 Å². The molecule has 1 aliphatic rings. The van der Waals surface area contributed by atoms with Crippen molar-refractivity contribution in [2.24, 2.45) is 5.92 Å². The summed E-state index contributed by atoms with van der Waals surface area (Å²) in [4.78, 5) is 14.3. The third-order valence-electron chi connectivity index (χ3n) is 3.22. The van der Waals surface area contributed by atoms with Crippen molar-refractivity contribution in [1.29, 1.82) is 0 Å². The van der Waals surface area contributed by atoms with Gasteiger partial charge in [-0.2, -0.15) is 0 Å². The van der Waals surface area contributed by atoms with Crippen LogP contribution in [0.4, 0.5) is 0 Å². The number of ether oxygens (including phenoxy) is 1. The van der Waals surface area contributed by atoms with E-state index in [1.165, 1.54) is 0 Å². The predicted molar refractivity (Wildman–Crippen MR) is 65.3 cm³/mol. The van der Waals surface area contributed by atoms with Gasteiger partial charge in [0.15, 0.2) is 0 Å². The van der Waals surface area contributed by atoms with Gasteiger partial charge < -0.3 is 9.64 Å². The van der Waals surface area contributed by atoms with E-state index in [1.54, 1.807) is 7.11 Å². The number of hydrogen-bond donors (Lipinski definition) is 0. The molecule has 1 amide bonds. The molecule has 0 saturated heterocycles. The highest BCUT2D eigenvalue weighted by Gasteiger charge is 2.39. The van der Waals surface area contributed by atoms with Crippen LogP contribution in [0.25, 0.3) is 0 Å². The lowest BCUT2D eigenvalue weighted by atomic mass is 10.1. The summed E-state index contributed by atoms with van der Waals surface area (Å²) in [6.07, 6.45) is 3.38. The minimum absolute atomic E-state index is 0.137. The van der Waals surface area contributed by atoms with E-state index < -0.39 is 5.60 Å². The van der Waals surface area contributed by atoms with Crippen LogP contribution in [-0.2, 0) is 9.53 Å². The lowest BCUT2D eigenvalue weighted by Crippen LogP contribution is -2.48. The van der Waals surface area contributed by atoms with E-state index in [1.807, 2.05) is 18.7 Å². The number of carbonyl (C=O) groups is 1. The third kappa shape index (κ3) is 3.48. The van der Waals surface area contributed by atoms with E-state index in [2.05, 4.69) is 13.8 Å².